The van der Waals surface area contributed by atoms with Crippen LogP contribution in [0.15, 0.2) is 0 Å². The van der Waals surface area contributed by atoms with Crippen LogP contribution in [0.5, 0.6) is 0 Å². The van der Waals surface area contributed by atoms with Gasteiger partial charge >= 0.3 is 5.97 Å². The van der Waals surface area contributed by atoms with E-state index in [1.165, 1.54) is 0 Å². The predicted octanol–water partition coefficient (Wildman–Crippen LogP) is 2.35. The average molecular weight is 188 g/mol. The fraction of sp³-hybridized carbons (Fsp3) is 0.900. The van der Waals surface area contributed by atoms with E-state index in [-0.39, 0.29) is 18.9 Å². The summed E-state index contributed by atoms with van der Waals surface area (Å²) in [6.45, 7) is 8.03. The van der Waals surface area contributed by atoms with Gasteiger partial charge in [0.2, 0.25) is 0 Å². The first kappa shape index (κ1) is 12.4. The van der Waals surface area contributed by atoms with E-state index in [0.717, 1.165) is 6.42 Å². The molecule has 0 N–H and O–H groups in total. The fourth-order valence-corrected chi connectivity index (χ4v) is 0.726. The summed E-state index contributed by atoms with van der Waals surface area (Å²) in [5.74, 6) is 0.161. The lowest BCUT2D eigenvalue weighted by molar-refractivity contribution is -0.161. The number of esters is 1. The van der Waals surface area contributed by atoms with Crippen LogP contribution in [0.1, 0.15) is 40.5 Å². The predicted molar refractivity (Wildman–Crippen MR) is 51.3 cm³/mol. The van der Waals surface area contributed by atoms with Crippen molar-refractivity contribution in [3.05, 3.63) is 0 Å². The van der Waals surface area contributed by atoms with E-state index >= 15 is 0 Å². The van der Waals surface area contributed by atoms with Crippen LogP contribution in [-0.4, -0.2) is 18.9 Å². The first-order valence-electron chi connectivity index (χ1n) is 4.83. The van der Waals surface area contributed by atoms with Crippen LogP contribution in [0, 0.1) is 5.92 Å². The number of ether oxygens (including phenoxy) is 2. The van der Waals surface area contributed by atoms with Crippen molar-refractivity contribution in [2.24, 2.45) is 5.92 Å². The average Bonchev–Trinajstić information content (AvgIpc) is 2.02. The van der Waals surface area contributed by atoms with Gasteiger partial charge in [-0.15, -0.1) is 0 Å². The second-order valence-corrected chi connectivity index (χ2v) is 3.62. The molecule has 0 spiro atoms. The van der Waals surface area contributed by atoms with E-state index in [1.54, 1.807) is 0 Å². The highest BCUT2D eigenvalue weighted by Crippen LogP contribution is 2.02. The standard InChI is InChI=1S/C10H20O3/c1-5-9(4)12-7-13-10(11)6-8(2)3/h8-9H,5-7H2,1-4H3. The molecule has 0 aliphatic heterocycles. The Kier molecular flexibility index (Phi) is 6.59. The molecule has 0 amide bonds. The third-order valence-electron chi connectivity index (χ3n) is 1.72. The highest BCUT2D eigenvalue weighted by Gasteiger charge is 2.06. The van der Waals surface area contributed by atoms with Gasteiger partial charge in [0, 0.05) is 6.42 Å². The van der Waals surface area contributed by atoms with Crippen molar-refractivity contribution >= 4 is 5.97 Å². The van der Waals surface area contributed by atoms with Crippen molar-refractivity contribution in [2.75, 3.05) is 6.79 Å². The lowest BCUT2D eigenvalue weighted by Gasteiger charge is -2.11. The second kappa shape index (κ2) is 6.89. The summed E-state index contributed by atoms with van der Waals surface area (Å²) < 4.78 is 10.1. The Morgan fingerprint density at radius 2 is 1.92 bits per heavy atom. The molecule has 0 aliphatic rings. The molecule has 78 valence electrons. The largest absolute Gasteiger partial charge is 0.438 e. The Labute approximate surface area is 80.4 Å². The SMILES string of the molecule is CCC(C)OCOC(=O)CC(C)C. The molecule has 0 aromatic carbocycles. The van der Waals surface area contributed by atoms with Crippen LogP contribution in [0.3, 0.4) is 0 Å². The smallest absolute Gasteiger partial charge is 0.308 e. The van der Waals surface area contributed by atoms with Crippen LogP contribution in [-0.2, 0) is 14.3 Å². The van der Waals surface area contributed by atoms with E-state index < -0.39 is 0 Å². The monoisotopic (exact) mass is 188 g/mol. The number of rotatable bonds is 6. The highest BCUT2D eigenvalue weighted by atomic mass is 16.7. The molecule has 3 nitrogen and oxygen atoms in total. The topological polar surface area (TPSA) is 35.5 Å². The molecule has 1 unspecified atom stereocenters. The Morgan fingerprint density at radius 3 is 2.38 bits per heavy atom. The van der Waals surface area contributed by atoms with E-state index in [1.807, 2.05) is 27.7 Å². The van der Waals surface area contributed by atoms with E-state index in [0.29, 0.717) is 12.3 Å². The summed E-state index contributed by atoms with van der Waals surface area (Å²) in [6.07, 6.45) is 1.55. The third kappa shape index (κ3) is 7.78. The lowest BCUT2D eigenvalue weighted by atomic mass is 10.1. The Hall–Kier alpha value is -0.570. The first-order chi connectivity index (χ1) is 6.06. The van der Waals surface area contributed by atoms with Gasteiger partial charge in [0.15, 0.2) is 6.79 Å². The van der Waals surface area contributed by atoms with Crippen molar-refractivity contribution < 1.29 is 14.3 Å². The van der Waals surface area contributed by atoms with Crippen LogP contribution < -0.4 is 0 Å². The number of hydrogen-bond acceptors (Lipinski definition) is 3. The quantitative estimate of drug-likeness (QED) is 0.474. The molecule has 3 heteroatoms. The summed E-state index contributed by atoms with van der Waals surface area (Å²) >= 11 is 0. The molecule has 13 heavy (non-hydrogen) atoms. The molecule has 0 saturated carbocycles. The van der Waals surface area contributed by atoms with Gasteiger partial charge in [-0.1, -0.05) is 20.8 Å². The number of hydrogen-bond donors (Lipinski definition) is 0. The van der Waals surface area contributed by atoms with Crippen molar-refractivity contribution in [3.63, 3.8) is 0 Å². The highest BCUT2D eigenvalue weighted by molar-refractivity contribution is 5.69. The van der Waals surface area contributed by atoms with Crippen LogP contribution in [0.4, 0.5) is 0 Å². The fourth-order valence-electron chi connectivity index (χ4n) is 0.726. The van der Waals surface area contributed by atoms with Crippen molar-refractivity contribution in [1.29, 1.82) is 0 Å². The normalized spacial score (nSPS) is 13.0. The van der Waals surface area contributed by atoms with Crippen LogP contribution in [0.2, 0.25) is 0 Å². The molecular formula is C10H20O3. The minimum atomic E-state index is -0.182. The number of carbonyl (C=O) groups excluding carboxylic acids is 1. The lowest BCUT2D eigenvalue weighted by Crippen LogP contribution is -2.14. The minimum absolute atomic E-state index is 0.0839. The van der Waals surface area contributed by atoms with Gasteiger partial charge in [-0.2, -0.15) is 0 Å². The summed E-state index contributed by atoms with van der Waals surface area (Å²) in [6, 6.07) is 0. The Balaban J connectivity index is 3.37. The van der Waals surface area contributed by atoms with Crippen molar-refractivity contribution in [2.45, 2.75) is 46.6 Å². The van der Waals surface area contributed by atoms with Gasteiger partial charge in [-0.3, -0.25) is 4.79 Å². The minimum Gasteiger partial charge on any atom is -0.438 e. The zero-order valence-electron chi connectivity index (χ0n) is 9.00. The maximum atomic E-state index is 11.0. The van der Waals surface area contributed by atoms with Crippen LogP contribution in [0.25, 0.3) is 0 Å². The zero-order chi connectivity index (χ0) is 10.3. The van der Waals surface area contributed by atoms with Gasteiger partial charge in [0.1, 0.15) is 0 Å². The molecule has 0 aromatic rings. The second-order valence-electron chi connectivity index (χ2n) is 3.62. The number of carbonyl (C=O) groups is 1. The molecule has 1 atom stereocenters. The molecule has 0 radical (unpaired) electrons. The Morgan fingerprint density at radius 1 is 1.31 bits per heavy atom. The molecule has 0 aromatic heterocycles. The maximum Gasteiger partial charge on any atom is 0.308 e. The molecule has 0 aliphatic carbocycles. The van der Waals surface area contributed by atoms with Crippen molar-refractivity contribution in [3.8, 4) is 0 Å². The van der Waals surface area contributed by atoms with E-state index in [2.05, 4.69) is 0 Å². The summed E-state index contributed by atoms with van der Waals surface area (Å²) in [4.78, 5) is 11.0. The zero-order valence-corrected chi connectivity index (χ0v) is 9.00. The van der Waals surface area contributed by atoms with E-state index in [9.17, 15) is 4.79 Å². The van der Waals surface area contributed by atoms with Gasteiger partial charge in [0.05, 0.1) is 6.10 Å². The molecule has 0 rings (SSSR count). The van der Waals surface area contributed by atoms with Gasteiger partial charge in [-0.25, -0.2) is 0 Å². The molecule has 0 heterocycles. The molecule has 0 bridgehead atoms. The third-order valence-corrected chi connectivity index (χ3v) is 1.72. The summed E-state index contributed by atoms with van der Waals surface area (Å²) in [7, 11) is 0. The molecule has 0 saturated heterocycles. The van der Waals surface area contributed by atoms with Crippen LogP contribution >= 0.6 is 0 Å². The Bertz CT molecular complexity index is 143. The van der Waals surface area contributed by atoms with Gasteiger partial charge in [-0.05, 0) is 19.3 Å². The first-order valence-corrected chi connectivity index (χ1v) is 4.83. The summed E-state index contributed by atoms with van der Waals surface area (Å²) in [5, 5.41) is 0. The molecule has 0 fully saturated rings. The summed E-state index contributed by atoms with van der Waals surface area (Å²) in [5.41, 5.74) is 0. The van der Waals surface area contributed by atoms with E-state index in [4.69, 9.17) is 9.47 Å². The van der Waals surface area contributed by atoms with Gasteiger partial charge < -0.3 is 9.47 Å². The molecular weight excluding hydrogens is 168 g/mol. The van der Waals surface area contributed by atoms with Gasteiger partial charge in [0.25, 0.3) is 0 Å². The maximum absolute atomic E-state index is 11.0. The van der Waals surface area contributed by atoms with Crippen molar-refractivity contribution in [1.82, 2.24) is 0 Å².